The van der Waals surface area contributed by atoms with E-state index in [0.29, 0.717) is 39.3 Å². The summed E-state index contributed by atoms with van der Waals surface area (Å²) >= 11 is 0. The summed E-state index contributed by atoms with van der Waals surface area (Å²) in [6, 6.07) is 9.05. The number of fused-ring (bicyclic) bond motifs is 1. The third-order valence-corrected chi connectivity index (χ3v) is 6.05. The number of benzene rings is 1. The van der Waals surface area contributed by atoms with E-state index in [2.05, 4.69) is 26.7 Å². The highest BCUT2D eigenvalue weighted by Gasteiger charge is 2.22. The van der Waals surface area contributed by atoms with E-state index in [0.717, 1.165) is 16.6 Å². The monoisotopic (exact) mass is 563 g/mol. The molecule has 4 N–H and O–H groups in total. The number of carboxylic acid groups (broad SMARTS) is 1. The number of nitrogens with one attached hydrogen (secondary N) is 3. The Kier molecular flexibility index (Phi) is 16.4. The molecule has 0 aliphatic rings. The molecule has 224 valence electrons. The Bertz CT molecular complexity index is 1090. The zero-order valence-corrected chi connectivity index (χ0v) is 23.0. The minimum Gasteiger partial charge on any atom is -0.481 e. The Morgan fingerprint density at radius 3 is 2.40 bits per heavy atom. The van der Waals surface area contributed by atoms with Crippen molar-refractivity contribution >= 4 is 34.5 Å². The van der Waals surface area contributed by atoms with Gasteiger partial charge in [-0.3, -0.25) is 24.6 Å². The number of ketones is 1. The highest BCUT2D eigenvalue weighted by Crippen LogP contribution is 2.21. The van der Waals surface area contributed by atoms with Crippen LogP contribution in [0.5, 0.6) is 0 Å². The molecular weight excluding hydrogens is 518 g/mol. The quantitative estimate of drug-likeness (QED) is 0.139. The van der Waals surface area contributed by atoms with Crippen LogP contribution in [0.3, 0.4) is 0 Å². The maximum absolute atomic E-state index is 12.8. The second-order valence-corrected chi connectivity index (χ2v) is 9.20. The SMILES string of the molecule is C.CNN(C)Cc1cc2ccccc2n1CCC(=O)N[C@@H](CCC(=O)O)C(=O)NCCOCCOCCC(C)=O. The Morgan fingerprint density at radius 2 is 1.73 bits per heavy atom. The predicted molar refractivity (Wildman–Crippen MR) is 153 cm³/mol. The number of aromatic nitrogens is 1. The third kappa shape index (κ3) is 12.7. The van der Waals surface area contributed by atoms with Crippen LogP contribution < -0.4 is 16.1 Å². The van der Waals surface area contributed by atoms with Crippen LogP contribution in [0.15, 0.2) is 30.3 Å². The number of hydrogen-bond acceptors (Lipinski definition) is 8. The predicted octanol–water partition coefficient (Wildman–Crippen LogP) is 1.71. The van der Waals surface area contributed by atoms with Crippen molar-refractivity contribution in [2.45, 2.75) is 59.2 Å². The largest absolute Gasteiger partial charge is 0.481 e. The second-order valence-electron chi connectivity index (χ2n) is 9.20. The molecule has 0 spiro atoms. The number of carboxylic acids is 1. The van der Waals surface area contributed by atoms with Crippen molar-refractivity contribution in [3.63, 3.8) is 0 Å². The van der Waals surface area contributed by atoms with Crippen LogP contribution in [0.4, 0.5) is 0 Å². The summed E-state index contributed by atoms with van der Waals surface area (Å²) in [5.41, 5.74) is 5.11. The molecule has 1 aromatic carbocycles. The minimum absolute atomic E-state index is 0. The Hall–Kier alpha value is -3.32. The summed E-state index contributed by atoms with van der Waals surface area (Å²) < 4.78 is 12.7. The fourth-order valence-electron chi connectivity index (χ4n) is 3.91. The third-order valence-electron chi connectivity index (χ3n) is 6.05. The molecule has 0 saturated heterocycles. The summed E-state index contributed by atoms with van der Waals surface area (Å²) in [6.45, 7) is 3.95. The fraction of sp³-hybridized carbons (Fsp3) is 0.571. The van der Waals surface area contributed by atoms with E-state index in [9.17, 15) is 19.2 Å². The number of carbonyl (C=O) groups excluding carboxylic acids is 3. The van der Waals surface area contributed by atoms with Gasteiger partial charge >= 0.3 is 5.97 Å². The first-order valence-corrected chi connectivity index (χ1v) is 13.1. The van der Waals surface area contributed by atoms with Gasteiger partial charge in [-0.1, -0.05) is 25.6 Å². The molecule has 12 nitrogen and oxygen atoms in total. The van der Waals surface area contributed by atoms with Crippen molar-refractivity contribution in [3.8, 4) is 0 Å². The van der Waals surface area contributed by atoms with Crippen LogP contribution in [0.25, 0.3) is 10.9 Å². The number of nitrogens with zero attached hydrogens (tertiary/aromatic N) is 2. The number of rotatable bonds is 20. The van der Waals surface area contributed by atoms with Gasteiger partial charge in [0, 0.05) is 50.6 Å². The van der Waals surface area contributed by atoms with Gasteiger partial charge in [-0.15, -0.1) is 0 Å². The lowest BCUT2D eigenvalue weighted by molar-refractivity contribution is -0.138. The van der Waals surface area contributed by atoms with Crippen LogP contribution in [-0.4, -0.2) is 91.4 Å². The minimum atomic E-state index is -1.05. The van der Waals surface area contributed by atoms with E-state index < -0.39 is 17.9 Å². The lowest BCUT2D eigenvalue weighted by Crippen LogP contribution is -2.47. The summed E-state index contributed by atoms with van der Waals surface area (Å²) in [4.78, 5) is 47.5. The van der Waals surface area contributed by atoms with Crippen molar-refractivity contribution in [2.75, 3.05) is 47.1 Å². The zero-order valence-electron chi connectivity index (χ0n) is 23.0. The summed E-state index contributed by atoms with van der Waals surface area (Å²) in [5, 5.41) is 17.5. The molecule has 1 atom stereocenters. The Labute approximate surface area is 236 Å². The van der Waals surface area contributed by atoms with E-state index >= 15 is 0 Å². The average Bonchev–Trinajstić information content (AvgIpc) is 3.24. The van der Waals surface area contributed by atoms with Crippen LogP contribution in [-0.2, 0) is 41.7 Å². The fourth-order valence-corrected chi connectivity index (χ4v) is 3.91. The first kappa shape index (κ1) is 34.7. The van der Waals surface area contributed by atoms with Crippen LogP contribution in [0.1, 0.15) is 45.7 Å². The standard InChI is InChI=1S/C27H41N5O7.CH4/c1-20(33)11-14-38-16-17-39-15-12-29-27(37)23(8-9-26(35)36)30-25(34)10-13-32-22(19-31(3)28-2)18-21-6-4-5-7-24(21)32;/h4-7,18,23,28H,8-17,19H2,1-3H3,(H,29,37)(H,30,34)(H,35,36);1H4/t23-;/m0./s1. The number of hydrazine groups is 1. The van der Waals surface area contributed by atoms with Crippen molar-refractivity contribution in [2.24, 2.45) is 0 Å². The van der Waals surface area contributed by atoms with Gasteiger partial charge in [-0.2, -0.15) is 0 Å². The summed E-state index contributed by atoms with van der Waals surface area (Å²) in [6.07, 6.45) is 0.201. The Morgan fingerprint density at radius 1 is 1.02 bits per heavy atom. The Balaban J connectivity index is 0.00000800. The maximum atomic E-state index is 12.8. The number of para-hydroxylation sites is 1. The average molecular weight is 564 g/mol. The van der Waals surface area contributed by atoms with Crippen LogP contribution >= 0.6 is 0 Å². The molecule has 1 aromatic heterocycles. The first-order valence-electron chi connectivity index (χ1n) is 13.1. The van der Waals surface area contributed by atoms with Crippen molar-refractivity contribution in [3.05, 3.63) is 36.0 Å². The second kappa shape index (κ2) is 18.9. The van der Waals surface area contributed by atoms with E-state index in [1.165, 1.54) is 6.92 Å². The van der Waals surface area contributed by atoms with E-state index in [-0.39, 0.29) is 51.5 Å². The van der Waals surface area contributed by atoms with Gasteiger partial charge in [0.15, 0.2) is 0 Å². The normalized spacial score (nSPS) is 11.7. The maximum Gasteiger partial charge on any atom is 0.303 e. The molecule has 0 saturated carbocycles. The van der Waals surface area contributed by atoms with Gasteiger partial charge in [-0.05, 0) is 37.9 Å². The molecule has 1 heterocycles. The smallest absolute Gasteiger partial charge is 0.303 e. The lowest BCUT2D eigenvalue weighted by Gasteiger charge is -2.19. The lowest BCUT2D eigenvalue weighted by atomic mass is 10.1. The number of carbonyl (C=O) groups is 4. The molecular formula is C28H45N5O7. The van der Waals surface area contributed by atoms with Gasteiger partial charge in [0.1, 0.15) is 11.8 Å². The number of Topliss-reactive ketones (excluding diaryl/α,β-unsaturated/α-hetero) is 1. The molecule has 0 unspecified atom stereocenters. The molecule has 0 aliphatic heterocycles. The molecule has 12 heteroatoms. The zero-order chi connectivity index (χ0) is 28.6. The van der Waals surface area contributed by atoms with E-state index in [1.54, 1.807) is 0 Å². The van der Waals surface area contributed by atoms with Gasteiger partial charge in [0.05, 0.1) is 33.0 Å². The molecule has 0 aliphatic carbocycles. The van der Waals surface area contributed by atoms with E-state index in [4.69, 9.17) is 14.6 Å². The van der Waals surface area contributed by atoms with E-state index in [1.807, 2.05) is 43.4 Å². The van der Waals surface area contributed by atoms with Gasteiger partial charge in [0.25, 0.3) is 0 Å². The first-order chi connectivity index (χ1) is 18.7. The highest BCUT2D eigenvalue weighted by atomic mass is 16.5. The molecule has 0 radical (unpaired) electrons. The van der Waals surface area contributed by atoms with Crippen molar-refractivity contribution < 1.29 is 33.8 Å². The molecule has 40 heavy (non-hydrogen) atoms. The van der Waals surface area contributed by atoms with Gasteiger partial charge < -0.3 is 29.8 Å². The topological polar surface area (TPSA) is 151 Å². The number of ether oxygens (including phenoxy) is 2. The summed E-state index contributed by atoms with van der Waals surface area (Å²) in [7, 11) is 3.76. The number of aliphatic carboxylic acids is 1. The number of hydrogen-bond donors (Lipinski definition) is 4. The van der Waals surface area contributed by atoms with Crippen molar-refractivity contribution in [1.82, 2.24) is 25.6 Å². The molecule has 2 amide bonds. The highest BCUT2D eigenvalue weighted by molar-refractivity contribution is 5.88. The molecule has 2 rings (SSSR count). The summed E-state index contributed by atoms with van der Waals surface area (Å²) in [5.74, 6) is -1.80. The van der Waals surface area contributed by atoms with Crippen molar-refractivity contribution in [1.29, 1.82) is 0 Å². The molecule has 0 bridgehead atoms. The van der Waals surface area contributed by atoms with Crippen LogP contribution in [0.2, 0.25) is 0 Å². The molecule has 2 aromatic rings. The van der Waals surface area contributed by atoms with Gasteiger partial charge in [0.2, 0.25) is 11.8 Å². The number of aryl methyl sites for hydroxylation is 1. The molecule has 0 fully saturated rings. The van der Waals surface area contributed by atoms with Crippen LogP contribution in [0, 0.1) is 0 Å². The van der Waals surface area contributed by atoms with Gasteiger partial charge in [-0.25, -0.2) is 5.01 Å². The number of amides is 2.